The highest BCUT2D eigenvalue weighted by Gasteiger charge is 2.16. The number of nitrogens with two attached hydrogens (primary N) is 1. The number of hydrogen-bond donors (Lipinski definition) is 2. The van der Waals surface area contributed by atoms with Crippen LogP contribution < -0.4 is 10.5 Å². The SMILES string of the molecule is CCCCCCCCNS(=O)(=O)c1ccc(C#N)cc1N. The lowest BCUT2D eigenvalue weighted by molar-refractivity contribution is 0.568. The van der Waals surface area contributed by atoms with E-state index in [2.05, 4.69) is 11.6 Å². The maximum atomic E-state index is 12.1. The minimum atomic E-state index is -3.60. The summed E-state index contributed by atoms with van der Waals surface area (Å²) in [6.07, 6.45) is 6.60. The van der Waals surface area contributed by atoms with Crippen molar-refractivity contribution in [1.82, 2.24) is 4.72 Å². The second kappa shape index (κ2) is 8.65. The largest absolute Gasteiger partial charge is 0.398 e. The third-order valence-corrected chi connectivity index (χ3v) is 4.79. The lowest BCUT2D eigenvalue weighted by Crippen LogP contribution is -2.25. The molecule has 0 aliphatic heterocycles. The van der Waals surface area contributed by atoms with Gasteiger partial charge in [-0.05, 0) is 24.6 Å². The van der Waals surface area contributed by atoms with E-state index in [-0.39, 0.29) is 10.6 Å². The number of unbranched alkanes of at least 4 members (excludes halogenated alkanes) is 5. The predicted octanol–water partition coefficient (Wildman–Crippen LogP) is 2.78. The van der Waals surface area contributed by atoms with Crippen molar-refractivity contribution in [2.45, 2.75) is 50.3 Å². The molecular weight excluding hydrogens is 286 g/mol. The lowest BCUT2D eigenvalue weighted by atomic mass is 10.1. The molecule has 0 radical (unpaired) electrons. The Morgan fingerprint density at radius 3 is 2.48 bits per heavy atom. The molecule has 0 atom stereocenters. The van der Waals surface area contributed by atoms with Crippen LogP contribution in [0.4, 0.5) is 5.69 Å². The molecule has 0 heterocycles. The van der Waals surface area contributed by atoms with Gasteiger partial charge in [-0.1, -0.05) is 39.0 Å². The summed E-state index contributed by atoms with van der Waals surface area (Å²) in [7, 11) is -3.60. The van der Waals surface area contributed by atoms with E-state index in [1.807, 2.05) is 6.07 Å². The smallest absolute Gasteiger partial charge is 0.242 e. The van der Waals surface area contributed by atoms with E-state index in [1.54, 1.807) is 0 Å². The molecule has 0 fully saturated rings. The first kappa shape index (κ1) is 17.5. The molecule has 116 valence electrons. The predicted molar refractivity (Wildman–Crippen MR) is 84.1 cm³/mol. The summed E-state index contributed by atoms with van der Waals surface area (Å²) in [5.41, 5.74) is 6.15. The number of nitrogens with one attached hydrogen (secondary N) is 1. The molecule has 1 aromatic rings. The normalized spacial score (nSPS) is 11.2. The minimum absolute atomic E-state index is 0.0347. The summed E-state index contributed by atoms with van der Waals surface area (Å²) in [5, 5.41) is 8.75. The van der Waals surface area contributed by atoms with Crippen LogP contribution in [0.2, 0.25) is 0 Å². The number of nitrogen functional groups attached to an aromatic ring is 1. The van der Waals surface area contributed by atoms with Gasteiger partial charge >= 0.3 is 0 Å². The third-order valence-electron chi connectivity index (χ3n) is 3.25. The fraction of sp³-hybridized carbons (Fsp3) is 0.533. The number of sulfonamides is 1. The van der Waals surface area contributed by atoms with E-state index in [0.29, 0.717) is 12.1 Å². The molecule has 0 amide bonds. The maximum Gasteiger partial charge on any atom is 0.242 e. The van der Waals surface area contributed by atoms with Gasteiger partial charge in [-0.2, -0.15) is 5.26 Å². The molecule has 5 nitrogen and oxygen atoms in total. The number of rotatable bonds is 9. The highest BCUT2D eigenvalue weighted by atomic mass is 32.2. The molecule has 0 saturated carbocycles. The molecule has 0 bridgehead atoms. The molecule has 0 spiro atoms. The van der Waals surface area contributed by atoms with Gasteiger partial charge in [0.1, 0.15) is 4.90 Å². The average molecular weight is 309 g/mol. The quantitative estimate of drug-likeness (QED) is 0.541. The molecule has 3 N–H and O–H groups in total. The minimum Gasteiger partial charge on any atom is -0.398 e. The Labute approximate surface area is 127 Å². The molecule has 0 unspecified atom stereocenters. The maximum absolute atomic E-state index is 12.1. The van der Waals surface area contributed by atoms with E-state index in [9.17, 15) is 8.42 Å². The Morgan fingerprint density at radius 2 is 1.86 bits per heavy atom. The topological polar surface area (TPSA) is 96.0 Å². The van der Waals surface area contributed by atoms with Crippen LogP contribution in [0.5, 0.6) is 0 Å². The van der Waals surface area contributed by atoms with E-state index in [4.69, 9.17) is 11.0 Å². The van der Waals surface area contributed by atoms with Gasteiger partial charge < -0.3 is 5.73 Å². The van der Waals surface area contributed by atoms with Crippen molar-refractivity contribution in [2.24, 2.45) is 0 Å². The van der Waals surface area contributed by atoms with Crippen LogP contribution in [0, 0.1) is 11.3 Å². The number of benzene rings is 1. The van der Waals surface area contributed by atoms with Crippen LogP contribution >= 0.6 is 0 Å². The molecule has 0 aromatic heterocycles. The summed E-state index contributed by atoms with van der Waals surface area (Å²) < 4.78 is 26.8. The molecule has 1 rings (SSSR count). The zero-order valence-corrected chi connectivity index (χ0v) is 13.2. The molecule has 21 heavy (non-hydrogen) atoms. The summed E-state index contributed by atoms with van der Waals surface area (Å²) in [6, 6.07) is 6.13. The van der Waals surface area contributed by atoms with E-state index < -0.39 is 10.0 Å². The van der Waals surface area contributed by atoms with Crippen molar-refractivity contribution >= 4 is 15.7 Å². The Kier molecular flexibility index (Phi) is 7.20. The molecule has 1 aromatic carbocycles. The van der Waals surface area contributed by atoms with Crippen LogP contribution in [0.15, 0.2) is 23.1 Å². The Morgan fingerprint density at radius 1 is 1.19 bits per heavy atom. The third kappa shape index (κ3) is 5.74. The van der Waals surface area contributed by atoms with Crippen LogP contribution in [0.1, 0.15) is 51.0 Å². The van der Waals surface area contributed by atoms with E-state index in [0.717, 1.165) is 19.3 Å². The molecule has 6 heteroatoms. The summed E-state index contributed by atoms with van der Waals surface area (Å²) in [4.78, 5) is 0.0347. The monoisotopic (exact) mass is 309 g/mol. The second-order valence-electron chi connectivity index (χ2n) is 5.03. The number of anilines is 1. The van der Waals surface area contributed by atoms with Gasteiger partial charge in [-0.25, -0.2) is 13.1 Å². The van der Waals surface area contributed by atoms with Crippen LogP contribution in [0.3, 0.4) is 0 Å². The molecule has 0 aliphatic carbocycles. The Balaban J connectivity index is 2.49. The standard InChI is InChI=1S/C15H23N3O2S/c1-2-3-4-5-6-7-10-18-21(19,20)15-9-8-13(12-16)11-14(15)17/h8-9,11,18H,2-7,10,17H2,1H3. The van der Waals surface area contributed by atoms with Gasteiger partial charge in [-0.15, -0.1) is 0 Å². The van der Waals surface area contributed by atoms with Crippen molar-refractivity contribution in [1.29, 1.82) is 5.26 Å². The van der Waals surface area contributed by atoms with Gasteiger partial charge in [0.15, 0.2) is 0 Å². The van der Waals surface area contributed by atoms with Crippen molar-refractivity contribution in [3.63, 3.8) is 0 Å². The van der Waals surface area contributed by atoms with Gasteiger partial charge in [0, 0.05) is 6.54 Å². The first-order valence-corrected chi connectivity index (χ1v) is 8.79. The van der Waals surface area contributed by atoms with E-state index in [1.165, 1.54) is 37.5 Å². The highest BCUT2D eigenvalue weighted by molar-refractivity contribution is 7.89. The first-order chi connectivity index (χ1) is 10.0. The first-order valence-electron chi connectivity index (χ1n) is 7.30. The molecule has 0 aliphatic rings. The van der Waals surface area contributed by atoms with Crippen molar-refractivity contribution in [3.8, 4) is 6.07 Å². The number of nitrogens with zero attached hydrogens (tertiary/aromatic N) is 1. The van der Waals surface area contributed by atoms with Gasteiger partial charge in [0.25, 0.3) is 0 Å². The highest BCUT2D eigenvalue weighted by Crippen LogP contribution is 2.19. The summed E-state index contributed by atoms with van der Waals surface area (Å²) in [5.74, 6) is 0. The fourth-order valence-electron chi connectivity index (χ4n) is 2.05. The lowest BCUT2D eigenvalue weighted by Gasteiger charge is -2.09. The zero-order chi connectivity index (χ0) is 15.7. The van der Waals surface area contributed by atoms with Crippen LogP contribution in [-0.2, 0) is 10.0 Å². The molecular formula is C15H23N3O2S. The number of hydrogen-bond acceptors (Lipinski definition) is 4. The van der Waals surface area contributed by atoms with Crippen molar-refractivity contribution in [2.75, 3.05) is 12.3 Å². The number of nitriles is 1. The van der Waals surface area contributed by atoms with Crippen LogP contribution in [-0.4, -0.2) is 15.0 Å². The van der Waals surface area contributed by atoms with Crippen LogP contribution in [0.25, 0.3) is 0 Å². The summed E-state index contributed by atoms with van der Waals surface area (Å²) >= 11 is 0. The Hall–Kier alpha value is -1.58. The zero-order valence-electron chi connectivity index (χ0n) is 12.4. The Bertz CT molecular complexity index is 591. The molecule has 0 saturated heterocycles. The van der Waals surface area contributed by atoms with Gasteiger partial charge in [-0.3, -0.25) is 0 Å². The fourth-order valence-corrected chi connectivity index (χ4v) is 3.24. The summed E-state index contributed by atoms with van der Waals surface area (Å²) in [6.45, 7) is 2.57. The van der Waals surface area contributed by atoms with Gasteiger partial charge in [0.2, 0.25) is 10.0 Å². The van der Waals surface area contributed by atoms with Crippen molar-refractivity contribution in [3.05, 3.63) is 23.8 Å². The second-order valence-corrected chi connectivity index (χ2v) is 6.77. The average Bonchev–Trinajstić information content (AvgIpc) is 2.45. The van der Waals surface area contributed by atoms with Crippen molar-refractivity contribution < 1.29 is 8.42 Å². The van der Waals surface area contributed by atoms with Gasteiger partial charge in [0.05, 0.1) is 17.3 Å². The van der Waals surface area contributed by atoms with E-state index >= 15 is 0 Å².